The standard InChI is InChI=1S/C25H30ClF3N2O5S.C2HF3O2/c26-22-6-3-4-7-23(22)37(34,35)31(13-5-1-2-8-24(32)33)20-14-19(25(27,28)29)15-21(16-20)36-17-18-9-11-30-12-10-18;3-2(4,5)1(6)7/h3-4,6-7,14-16,18,30H,1-2,5,8-13,17H2,(H,32,33);(H,6,7). The summed E-state index contributed by atoms with van der Waals surface area (Å²) in [5, 5.41) is 19.1. The second-order valence-electron chi connectivity index (χ2n) is 9.73. The number of rotatable bonds is 12. The highest BCUT2D eigenvalue weighted by atomic mass is 35.5. The first-order valence-corrected chi connectivity index (χ1v) is 15.1. The first kappa shape index (κ1) is 36.9. The zero-order chi connectivity index (χ0) is 33.1. The highest BCUT2D eigenvalue weighted by molar-refractivity contribution is 7.93. The quantitative estimate of drug-likeness (QED) is 0.179. The normalized spacial score (nSPS) is 14.3. The monoisotopic (exact) mass is 676 g/mol. The van der Waals surface area contributed by atoms with E-state index in [1.54, 1.807) is 6.07 Å². The number of anilines is 1. The Labute approximate surface area is 254 Å². The van der Waals surface area contributed by atoms with Crippen LogP contribution in [-0.4, -0.2) is 63.0 Å². The Balaban J connectivity index is 0.000000860. The summed E-state index contributed by atoms with van der Waals surface area (Å²) in [6.07, 6.45) is -7.33. The Hall–Kier alpha value is -3.24. The lowest BCUT2D eigenvalue weighted by molar-refractivity contribution is -0.192. The van der Waals surface area contributed by atoms with Gasteiger partial charge >= 0.3 is 24.3 Å². The molecule has 0 amide bonds. The summed E-state index contributed by atoms with van der Waals surface area (Å²) in [7, 11) is -4.35. The number of nitrogens with one attached hydrogen (secondary N) is 1. The van der Waals surface area contributed by atoms with E-state index in [0.29, 0.717) is 12.8 Å². The van der Waals surface area contributed by atoms with Crippen molar-refractivity contribution < 1.29 is 59.3 Å². The fourth-order valence-electron chi connectivity index (χ4n) is 4.11. The van der Waals surface area contributed by atoms with Crippen LogP contribution in [0.15, 0.2) is 47.4 Å². The van der Waals surface area contributed by atoms with Crippen LogP contribution in [0.25, 0.3) is 0 Å². The molecule has 1 aliphatic rings. The molecule has 2 aromatic rings. The van der Waals surface area contributed by atoms with Crippen LogP contribution in [0.3, 0.4) is 0 Å². The predicted octanol–water partition coefficient (Wildman–Crippen LogP) is 6.21. The van der Waals surface area contributed by atoms with E-state index < -0.39 is 39.9 Å². The minimum atomic E-state index is -5.08. The molecule has 0 radical (unpaired) electrons. The summed E-state index contributed by atoms with van der Waals surface area (Å²) >= 11 is 6.15. The third-order valence-corrected chi connectivity index (χ3v) is 8.68. The van der Waals surface area contributed by atoms with Crippen LogP contribution >= 0.6 is 11.6 Å². The van der Waals surface area contributed by atoms with Gasteiger partial charge in [0.05, 0.1) is 22.9 Å². The number of aliphatic carboxylic acids is 2. The molecule has 246 valence electrons. The number of carboxylic acids is 2. The van der Waals surface area contributed by atoms with Gasteiger partial charge in [-0.1, -0.05) is 30.2 Å². The van der Waals surface area contributed by atoms with E-state index in [1.807, 2.05) is 0 Å². The van der Waals surface area contributed by atoms with Crippen molar-refractivity contribution in [2.24, 2.45) is 5.92 Å². The highest BCUT2D eigenvalue weighted by Crippen LogP contribution is 2.38. The van der Waals surface area contributed by atoms with E-state index in [1.165, 1.54) is 24.3 Å². The smallest absolute Gasteiger partial charge is 0.490 e. The van der Waals surface area contributed by atoms with Crippen molar-refractivity contribution >= 4 is 39.3 Å². The van der Waals surface area contributed by atoms with Gasteiger partial charge in [0.1, 0.15) is 10.6 Å². The van der Waals surface area contributed by atoms with Crippen LogP contribution in [0.2, 0.25) is 5.02 Å². The van der Waals surface area contributed by atoms with E-state index in [0.717, 1.165) is 42.4 Å². The molecule has 3 rings (SSSR count). The van der Waals surface area contributed by atoms with Gasteiger partial charge in [-0.15, -0.1) is 0 Å². The van der Waals surface area contributed by atoms with Crippen molar-refractivity contribution in [1.29, 1.82) is 0 Å². The first-order valence-electron chi connectivity index (χ1n) is 13.3. The molecule has 1 fully saturated rings. The number of alkyl halides is 6. The summed E-state index contributed by atoms with van der Waals surface area (Å²) < 4.78 is 107. The Morgan fingerprint density at radius 3 is 2.14 bits per heavy atom. The van der Waals surface area contributed by atoms with Gasteiger partial charge in [0, 0.05) is 19.0 Å². The molecule has 0 spiro atoms. The number of unbranched alkanes of at least 4 members (excludes halogenated alkanes) is 2. The fraction of sp³-hybridized carbons (Fsp3) is 0.481. The molecule has 2 aromatic carbocycles. The number of piperidine rings is 1. The Morgan fingerprint density at radius 2 is 1.59 bits per heavy atom. The molecular formula is C27H31ClF6N2O7S. The molecule has 3 N–H and O–H groups in total. The zero-order valence-electron chi connectivity index (χ0n) is 23.1. The Bertz CT molecular complexity index is 1370. The SMILES string of the molecule is O=C(O)C(F)(F)F.O=C(O)CCCCCN(c1cc(OCC2CCNCC2)cc(C(F)(F)F)c1)S(=O)(=O)c1ccccc1Cl. The molecule has 0 bridgehead atoms. The highest BCUT2D eigenvalue weighted by Gasteiger charge is 2.38. The molecule has 44 heavy (non-hydrogen) atoms. The van der Waals surface area contributed by atoms with Gasteiger partial charge in [0.15, 0.2) is 0 Å². The lowest BCUT2D eigenvalue weighted by atomic mass is 9.99. The average molecular weight is 677 g/mol. The number of benzene rings is 2. The summed E-state index contributed by atoms with van der Waals surface area (Å²) in [6, 6.07) is 8.65. The van der Waals surface area contributed by atoms with Crippen molar-refractivity contribution in [2.45, 2.75) is 55.8 Å². The molecule has 0 aliphatic carbocycles. The van der Waals surface area contributed by atoms with E-state index in [9.17, 15) is 39.6 Å². The van der Waals surface area contributed by atoms with Crippen LogP contribution in [-0.2, 0) is 25.8 Å². The molecule has 0 aromatic heterocycles. The topological polar surface area (TPSA) is 133 Å². The second-order valence-corrected chi connectivity index (χ2v) is 12.0. The van der Waals surface area contributed by atoms with Crippen LogP contribution in [0, 0.1) is 5.92 Å². The molecule has 1 saturated heterocycles. The number of ether oxygens (including phenoxy) is 1. The molecular weight excluding hydrogens is 646 g/mol. The third-order valence-electron chi connectivity index (χ3n) is 6.35. The van der Waals surface area contributed by atoms with Gasteiger partial charge in [0.25, 0.3) is 10.0 Å². The van der Waals surface area contributed by atoms with Crippen LogP contribution < -0.4 is 14.4 Å². The fourth-order valence-corrected chi connectivity index (χ4v) is 6.09. The van der Waals surface area contributed by atoms with Crippen LogP contribution in [0.5, 0.6) is 5.75 Å². The molecule has 0 atom stereocenters. The summed E-state index contributed by atoms with van der Waals surface area (Å²) in [6.45, 7) is 1.65. The van der Waals surface area contributed by atoms with Gasteiger partial charge < -0.3 is 20.3 Å². The van der Waals surface area contributed by atoms with Gasteiger partial charge in [-0.3, -0.25) is 9.10 Å². The Kier molecular flexibility index (Phi) is 13.6. The molecule has 9 nitrogen and oxygen atoms in total. The molecule has 0 unspecified atom stereocenters. The largest absolute Gasteiger partial charge is 0.493 e. The number of carbonyl (C=O) groups is 2. The number of nitrogens with zero attached hydrogens (tertiary/aromatic N) is 1. The van der Waals surface area contributed by atoms with Crippen LogP contribution in [0.1, 0.15) is 44.1 Å². The summed E-state index contributed by atoms with van der Waals surface area (Å²) in [5.41, 5.74) is -1.23. The van der Waals surface area contributed by atoms with Gasteiger partial charge in [0.2, 0.25) is 0 Å². The van der Waals surface area contributed by atoms with Gasteiger partial charge in [-0.25, -0.2) is 13.2 Å². The number of hydrogen-bond acceptors (Lipinski definition) is 6. The van der Waals surface area contributed by atoms with Crippen molar-refractivity contribution in [3.8, 4) is 5.75 Å². The van der Waals surface area contributed by atoms with E-state index in [2.05, 4.69) is 5.32 Å². The van der Waals surface area contributed by atoms with Crippen molar-refractivity contribution in [3.05, 3.63) is 53.1 Å². The Morgan fingerprint density at radius 1 is 0.977 bits per heavy atom. The van der Waals surface area contributed by atoms with Crippen molar-refractivity contribution in [1.82, 2.24) is 5.32 Å². The van der Waals surface area contributed by atoms with Crippen molar-refractivity contribution in [3.63, 3.8) is 0 Å². The van der Waals surface area contributed by atoms with E-state index in [4.69, 9.17) is 31.3 Å². The maximum atomic E-state index is 13.8. The van der Waals surface area contributed by atoms with Crippen LogP contribution in [0.4, 0.5) is 32.0 Å². The third kappa shape index (κ3) is 11.7. The zero-order valence-corrected chi connectivity index (χ0v) is 24.7. The maximum absolute atomic E-state index is 13.8. The van der Waals surface area contributed by atoms with Gasteiger partial charge in [-0.05, 0) is 69.0 Å². The van der Waals surface area contributed by atoms with Gasteiger partial charge in [-0.2, -0.15) is 26.3 Å². The molecule has 1 aliphatic heterocycles. The molecule has 0 saturated carbocycles. The average Bonchev–Trinajstić information content (AvgIpc) is 2.93. The van der Waals surface area contributed by atoms with E-state index in [-0.39, 0.29) is 53.3 Å². The number of hydrogen-bond donors (Lipinski definition) is 3. The number of halogens is 7. The maximum Gasteiger partial charge on any atom is 0.490 e. The second kappa shape index (κ2) is 16.2. The lowest BCUT2D eigenvalue weighted by Crippen LogP contribution is -2.33. The molecule has 17 heteroatoms. The summed E-state index contributed by atoms with van der Waals surface area (Å²) in [5.74, 6) is -3.63. The van der Waals surface area contributed by atoms with Crippen molar-refractivity contribution in [2.75, 3.05) is 30.5 Å². The minimum Gasteiger partial charge on any atom is -0.493 e. The molecule has 1 heterocycles. The first-order chi connectivity index (χ1) is 20.4. The number of carboxylic acid groups (broad SMARTS) is 2. The number of sulfonamides is 1. The predicted molar refractivity (Wildman–Crippen MR) is 148 cm³/mol. The summed E-state index contributed by atoms with van der Waals surface area (Å²) in [4.78, 5) is 19.5. The minimum absolute atomic E-state index is 0.0623. The lowest BCUT2D eigenvalue weighted by Gasteiger charge is -2.27. The van der Waals surface area contributed by atoms with E-state index >= 15 is 0 Å².